The fourth-order valence-corrected chi connectivity index (χ4v) is 2.39. The lowest BCUT2D eigenvalue weighted by molar-refractivity contribution is 0.124. The highest BCUT2D eigenvalue weighted by Gasteiger charge is 2.28. The second kappa shape index (κ2) is 6.12. The van der Waals surface area contributed by atoms with E-state index in [1.54, 1.807) is 12.1 Å². The third kappa shape index (κ3) is 3.51. The summed E-state index contributed by atoms with van der Waals surface area (Å²) >= 11 is 0. The summed E-state index contributed by atoms with van der Waals surface area (Å²) in [4.78, 5) is 2.33. The standard InChI is InChI=1S/C14H23FN2/c1-4-17(5-2)14(3,11-16)10-12-7-6-8-13(15)9-12/h6-9H,4-5,10-11,16H2,1-3H3. The molecule has 0 heterocycles. The minimum absolute atomic E-state index is 0.0999. The Hall–Kier alpha value is -0.930. The van der Waals surface area contributed by atoms with Crippen LogP contribution in [0, 0.1) is 5.82 Å². The number of hydrogen-bond acceptors (Lipinski definition) is 2. The minimum atomic E-state index is -0.179. The van der Waals surface area contributed by atoms with Gasteiger partial charge in [-0.05, 0) is 44.1 Å². The fraction of sp³-hybridized carbons (Fsp3) is 0.571. The highest BCUT2D eigenvalue weighted by Crippen LogP contribution is 2.20. The van der Waals surface area contributed by atoms with Gasteiger partial charge in [-0.15, -0.1) is 0 Å². The van der Waals surface area contributed by atoms with Crippen molar-refractivity contribution in [3.05, 3.63) is 35.6 Å². The maximum absolute atomic E-state index is 13.2. The molecule has 0 aliphatic carbocycles. The van der Waals surface area contributed by atoms with Crippen LogP contribution in [-0.2, 0) is 6.42 Å². The van der Waals surface area contributed by atoms with Gasteiger partial charge in [0.1, 0.15) is 5.82 Å². The normalized spacial score (nSPS) is 14.9. The van der Waals surface area contributed by atoms with Gasteiger partial charge in [-0.3, -0.25) is 4.90 Å². The van der Waals surface area contributed by atoms with E-state index in [0.717, 1.165) is 25.1 Å². The monoisotopic (exact) mass is 238 g/mol. The van der Waals surface area contributed by atoms with Crippen molar-refractivity contribution in [1.29, 1.82) is 0 Å². The van der Waals surface area contributed by atoms with Crippen molar-refractivity contribution in [2.45, 2.75) is 32.7 Å². The van der Waals surface area contributed by atoms with Crippen molar-refractivity contribution < 1.29 is 4.39 Å². The van der Waals surface area contributed by atoms with Crippen LogP contribution in [0.3, 0.4) is 0 Å². The Labute approximate surface area is 104 Å². The van der Waals surface area contributed by atoms with Crippen LogP contribution in [0.15, 0.2) is 24.3 Å². The Morgan fingerprint density at radius 1 is 1.29 bits per heavy atom. The van der Waals surface area contributed by atoms with E-state index in [1.165, 1.54) is 6.07 Å². The number of likely N-dealkylation sites (N-methyl/N-ethyl adjacent to an activating group) is 1. The van der Waals surface area contributed by atoms with Gasteiger partial charge in [0.25, 0.3) is 0 Å². The Morgan fingerprint density at radius 3 is 2.41 bits per heavy atom. The summed E-state index contributed by atoms with van der Waals surface area (Å²) in [6, 6.07) is 6.78. The van der Waals surface area contributed by atoms with E-state index in [0.29, 0.717) is 6.54 Å². The lowest BCUT2D eigenvalue weighted by atomic mass is 9.90. The van der Waals surface area contributed by atoms with Crippen molar-refractivity contribution in [2.24, 2.45) is 5.73 Å². The maximum atomic E-state index is 13.2. The van der Waals surface area contributed by atoms with Crippen molar-refractivity contribution in [3.63, 3.8) is 0 Å². The largest absolute Gasteiger partial charge is 0.329 e. The molecule has 17 heavy (non-hydrogen) atoms. The number of nitrogens with zero attached hydrogens (tertiary/aromatic N) is 1. The first-order valence-corrected chi connectivity index (χ1v) is 6.25. The van der Waals surface area contributed by atoms with Gasteiger partial charge in [-0.1, -0.05) is 26.0 Å². The van der Waals surface area contributed by atoms with E-state index >= 15 is 0 Å². The third-order valence-corrected chi connectivity index (χ3v) is 3.44. The zero-order chi connectivity index (χ0) is 12.9. The van der Waals surface area contributed by atoms with E-state index < -0.39 is 0 Å². The molecule has 0 radical (unpaired) electrons. The second-order valence-corrected chi connectivity index (χ2v) is 4.68. The molecular weight excluding hydrogens is 215 g/mol. The Kier molecular flexibility index (Phi) is 5.09. The molecule has 0 saturated carbocycles. The molecule has 3 heteroatoms. The minimum Gasteiger partial charge on any atom is -0.329 e. The molecule has 1 rings (SSSR count). The average Bonchev–Trinajstić information content (AvgIpc) is 2.30. The maximum Gasteiger partial charge on any atom is 0.123 e. The summed E-state index contributed by atoms with van der Waals surface area (Å²) in [5.41, 5.74) is 6.81. The molecule has 0 spiro atoms. The van der Waals surface area contributed by atoms with Gasteiger partial charge in [-0.25, -0.2) is 4.39 Å². The van der Waals surface area contributed by atoms with E-state index in [4.69, 9.17) is 5.73 Å². The van der Waals surface area contributed by atoms with Crippen molar-refractivity contribution in [1.82, 2.24) is 4.90 Å². The SMILES string of the molecule is CCN(CC)C(C)(CN)Cc1cccc(F)c1. The van der Waals surface area contributed by atoms with E-state index in [9.17, 15) is 4.39 Å². The molecule has 1 aromatic carbocycles. The first-order chi connectivity index (χ1) is 8.05. The molecule has 1 aromatic rings. The molecule has 0 amide bonds. The predicted molar refractivity (Wildman–Crippen MR) is 70.5 cm³/mol. The summed E-state index contributed by atoms with van der Waals surface area (Å²) < 4.78 is 13.2. The van der Waals surface area contributed by atoms with Crippen LogP contribution >= 0.6 is 0 Å². The molecule has 0 aliphatic rings. The van der Waals surface area contributed by atoms with Gasteiger partial charge in [0.2, 0.25) is 0 Å². The number of benzene rings is 1. The summed E-state index contributed by atoms with van der Waals surface area (Å²) in [7, 11) is 0. The molecule has 96 valence electrons. The number of halogens is 1. The highest BCUT2D eigenvalue weighted by molar-refractivity contribution is 5.19. The van der Waals surface area contributed by atoms with Gasteiger partial charge in [0.05, 0.1) is 0 Å². The van der Waals surface area contributed by atoms with E-state index in [-0.39, 0.29) is 11.4 Å². The molecule has 1 atom stereocenters. The molecule has 2 N–H and O–H groups in total. The Bertz CT molecular complexity index is 350. The molecule has 1 unspecified atom stereocenters. The van der Waals surface area contributed by atoms with Crippen LogP contribution in [-0.4, -0.2) is 30.1 Å². The van der Waals surface area contributed by atoms with Gasteiger partial charge in [0.15, 0.2) is 0 Å². The van der Waals surface area contributed by atoms with Crippen molar-refractivity contribution >= 4 is 0 Å². The number of nitrogens with two attached hydrogens (primary N) is 1. The molecule has 0 saturated heterocycles. The average molecular weight is 238 g/mol. The first kappa shape index (κ1) is 14.1. The van der Waals surface area contributed by atoms with Crippen LogP contribution in [0.4, 0.5) is 4.39 Å². The third-order valence-electron chi connectivity index (χ3n) is 3.44. The smallest absolute Gasteiger partial charge is 0.123 e. The summed E-state index contributed by atoms with van der Waals surface area (Å²) in [5.74, 6) is -0.179. The zero-order valence-corrected chi connectivity index (χ0v) is 11.0. The van der Waals surface area contributed by atoms with Crippen LogP contribution in [0.1, 0.15) is 26.3 Å². The lowest BCUT2D eigenvalue weighted by Gasteiger charge is -2.39. The molecule has 2 nitrogen and oxygen atoms in total. The molecule has 0 fully saturated rings. The van der Waals surface area contributed by atoms with Gasteiger partial charge < -0.3 is 5.73 Å². The lowest BCUT2D eigenvalue weighted by Crippen LogP contribution is -2.53. The van der Waals surface area contributed by atoms with E-state index in [1.807, 2.05) is 6.07 Å². The molecule has 0 bridgehead atoms. The zero-order valence-electron chi connectivity index (χ0n) is 11.0. The summed E-state index contributed by atoms with van der Waals surface area (Å²) in [6.07, 6.45) is 0.781. The van der Waals surface area contributed by atoms with E-state index in [2.05, 4.69) is 25.7 Å². The molecule has 0 aliphatic heterocycles. The van der Waals surface area contributed by atoms with Crippen LogP contribution < -0.4 is 5.73 Å². The van der Waals surface area contributed by atoms with Gasteiger partial charge in [-0.2, -0.15) is 0 Å². The summed E-state index contributed by atoms with van der Waals surface area (Å²) in [5, 5.41) is 0. The Morgan fingerprint density at radius 2 is 1.94 bits per heavy atom. The number of rotatable bonds is 6. The first-order valence-electron chi connectivity index (χ1n) is 6.25. The topological polar surface area (TPSA) is 29.3 Å². The fourth-order valence-electron chi connectivity index (χ4n) is 2.39. The van der Waals surface area contributed by atoms with Gasteiger partial charge >= 0.3 is 0 Å². The quantitative estimate of drug-likeness (QED) is 0.824. The van der Waals surface area contributed by atoms with Crippen molar-refractivity contribution in [3.8, 4) is 0 Å². The Balaban J connectivity index is 2.88. The van der Waals surface area contributed by atoms with Crippen LogP contribution in [0.5, 0.6) is 0 Å². The second-order valence-electron chi connectivity index (χ2n) is 4.68. The van der Waals surface area contributed by atoms with Crippen LogP contribution in [0.25, 0.3) is 0 Å². The molecular formula is C14H23FN2. The van der Waals surface area contributed by atoms with Gasteiger partial charge in [0, 0.05) is 12.1 Å². The number of hydrogen-bond donors (Lipinski definition) is 1. The van der Waals surface area contributed by atoms with Crippen molar-refractivity contribution in [2.75, 3.05) is 19.6 Å². The molecule has 0 aromatic heterocycles. The predicted octanol–water partition coefficient (Wildman–Crippen LogP) is 2.43. The van der Waals surface area contributed by atoms with Crippen LogP contribution in [0.2, 0.25) is 0 Å². The summed E-state index contributed by atoms with van der Waals surface area (Å²) in [6.45, 7) is 8.89. The highest BCUT2D eigenvalue weighted by atomic mass is 19.1.